The van der Waals surface area contributed by atoms with Gasteiger partial charge in [-0.3, -0.25) is 4.79 Å². The molecule has 1 amide bonds. The predicted molar refractivity (Wildman–Crippen MR) is 103 cm³/mol. The summed E-state index contributed by atoms with van der Waals surface area (Å²) in [6.45, 7) is 3.96. The first kappa shape index (κ1) is 19.5. The van der Waals surface area contributed by atoms with Crippen molar-refractivity contribution in [2.24, 2.45) is 0 Å². The third-order valence-electron chi connectivity index (χ3n) is 4.42. The lowest BCUT2D eigenvalue weighted by molar-refractivity contribution is 0.0949. The molecule has 6 nitrogen and oxygen atoms in total. The molecule has 0 spiro atoms. The summed E-state index contributed by atoms with van der Waals surface area (Å²) in [6, 6.07) is 5.28. The van der Waals surface area contributed by atoms with E-state index in [9.17, 15) is 13.6 Å². The van der Waals surface area contributed by atoms with Gasteiger partial charge in [0.1, 0.15) is 22.9 Å². The van der Waals surface area contributed by atoms with Gasteiger partial charge in [-0.15, -0.1) is 10.2 Å². The van der Waals surface area contributed by atoms with Crippen LogP contribution in [-0.4, -0.2) is 29.8 Å². The number of hydrogen-bond donors (Lipinski definition) is 2. The molecular weight excluding hydrogens is 366 g/mol. The second-order valence-electron chi connectivity index (χ2n) is 6.34. The van der Waals surface area contributed by atoms with Crippen LogP contribution in [0.5, 0.6) is 5.75 Å². The number of nitrogens with one attached hydrogen (secondary N) is 1. The number of carbonyl (C=O) groups is 1. The maximum Gasteiger partial charge on any atom is 0.273 e. The Morgan fingerprint density at radius 3 is 2.64 bits per heavy atom. The van der Waals surface area contributed by atoms with Gasteiger partial charge in [0.05, 0.1) is 12.8 Å². The summed E-state index contributed by atoms with van der Waals surface area (Å²) in [5.74, 6) is -1.32. The van der Waals surface area contributed by atoms with Crippen molar-refractivity contribution in [3.63, 3.8) is 0 Å². The van der Waals surface area contributed by atoms with Crippen LogP contribution in [0.3, 0.4) is 0 Å². The van der Waals surface area contributed by atoms with Gasteiger partial charge >= 0.3 is 0 Å². The molecule has 0 aliphatic rings. The second kappa shape index (κ2) is 7.75. The smallest absolute Gasteiger partial charge is 0.273 e. The average molecular weight is 386 g/mol. The quantitative estimate of drug-likeness (QED) is 0.699. The summed E-state index contributed by atoms with van der Waals surface area (Å²) >= 11 is 0. The lowest BCUT2D eigenvalue weighted by Gasteiger charge is -2.14. The summed E-state index contributed by atoms with van der Waals surface area (Å²) < 4.78 is 34.2. The highest BCUT2D eigenvalue weighted by Crippen LogP contribution is 2.39. The number of ether oxygens (including phenoxy) is 1. The van der Waals surface area contributed by atoms with Crippen LogP contribution in [0, 0.1) is 18.6 Å². The zero-order valence-electron chi connectivity index (χ0n) is 15.8. The number of rotatable bonds is 5. The fraction of sp³-hybridized carbons (Fsp3) is 0.250. The first-order valence-corrected chi connectivity index (χ1v) is 8.76. The third-order valence-corrected chi connectivity index (χ3v) is 4.42. The van der Waals surface area contributed by atoms with E-state index < -0.39 is 17.5 Å². The Labute approximate surface area is 160 Å². The largest absolute Gasteiger partial charge is 0.496 e. The van der Waals surface area contributed by atoms with E-state index in [1.807, 2.05) is 6.92 Å². The molecule has 0 aliphatic heterocycles. The minimum atomic E-state index is -0.633. The molecule has 0 saturated heterocycles. The fourth-order valence-corrected chi connectivity index (χ4v) is 2.93. The zero-order chi connectivity index (χ0) is 20.4. The number of halogens is 2. The zero-order valence-corrected chi connectivity index (χ0v) is 15.8. The SMILES string of the molecule is CCCNC(=O)c1nnc2c(-c3cc(F)c(C)cc3OC)c(F)ccc2c1N. The number of benzene rings is 2. The lowest BCUT2D eigenvalue weighted by Crippen LogP contribution is -2.26. The summed E-state index contributed by atoms with van der Waals surface area (Å²) in [6.07, 6.45) is 0.751. The minimum absolute atomic E-state index is 0.00738. The van der Waals surface area contributed by atoms with Crippen LogP contribution in [0.15, 0.2) is 24.3 Å². The van der Waals surface area contributed by atoms with Crippen molar-refractivity contribution < 1.29 is 18.3 Å². The van der Waals surface area contributed by atoms with E-state index in [4.69, 9.17) is 10.5 Å². The molecule has 1 aromatic heterocycles. The summed E-state index contributed by atoms with van der Waals surface area (Å²) in [4.78, 5) is 12.2. The molecule has 0 bridgehead atoms. The highest BCUT2D eigenvalue weighted by atomic mass is 19.1. The van der Waals surface area contributed by atoms with Crippen molar-refractivity contribution in [2.75, 3.05) is 19.4 Å². The van der Waals surface area contributed by atoms with Crippen molar-refractivity contribution in [3.05, 3.63) is 47.2 Å². The number of fused-ring (bicyclic) bond motifs is 1. The predicted octanol–water partition coefficient (Wildman–Crippen LogP) is 3.61. The van der Waals surface area contributed by atoms with Gasteiger partial charge in [0.25, 0.3) is 5.91 Å². The van der Waals surface area contributed by atoms with Crippen LogP contribution in [0.2, 0.25) is 0 Å². The van der Waals surface area contributed by atoms with Crippen LogP contribution in [0.1, 0.15) is 29.4 Å². The van der Waals surface area contributed by atoms with Gasteiger partial charge in [0.15, 0.2) is 5.69 Å². The molecule has 146 valence electrons. The van der Waals surface area contributed by atoms with Gasteiger partial charge in [-0.1, -0.05) is 6.92 Å². The summed E-state index contributed by atoms with van der Waals surface area (Å²) in [5, 5.41) is 10.9. The molecule has 0 atom stereocenters. The minimum Gasteiger partial charge on any atom is -0.496 e. The third kappa shape index (κ3) is 3.33. The Morgan fingerprint density at radius 2 is 1.96 bits per heavy atom. The molecule has 0 aliphatic carbocycles. The second-order valence-corrected chi connectivity index (χ2v) is 6.34. The molecule has 1 heterocycles. The number of anilines is 1. The van der Waals surface area contributed by atoms with Gasteiger partial charge in [0.2, 0.25) is 0 Å². The number of nitrogens with two attached hydrogens (primary N) is 1. The summed E-state index contributed by atoms with van der Waals surface area (Å²) in [5.41, 5.74) is 6.83. The topological polar surface area (TPSA) is 90.1 Å². The monoisotopic (exact) mass is 386 g/mol. The van der Waals surface area contributed by atoms with Gasteiger partial charge in [0, 0.05) is 23.1 Å². The van der Waals surface area contributed by atoms with E-state index in [2.05, 4.69) is 15.5 Å². The maximum atomic E-state index is 14.7. The van der Waals surface area contributed by atoms with Gasteiger partial charge in [-0.05, 0) is 43.2 Å². The molecule has 8 heteroatoms. The number of hydrogen-bond acceptors (Lipinski definition) is 5. The molecule has 28 heavy (non-hydrogen) atoms. The molecule has 3 aromatic rings. The fourth-order valence-electron chi connectivity index (χ4n) is 2.93. The molecule has 2 aromatic carbocycles. The van der Waals surface area contributed by atoms with E-state index in [0.717, 1.165) is 6.42 Å². The number of aryl methyl sites for hydroxylation is 1. The van der Waals surface area contributed by atoms with E-state index in [-0.39, 0.29) is 33.8 Å². The van der Waals surface area contributed by atoms with E-state index in [1.165, 1.54) is 31.4 Å². The van der Waals surface area contributed by atoms with Crippen molar-refractivity contribution in [3.8, 4) is 16.9 Å². The highest BCUT2D eigenvalue weighted by Gasteiger charge is 2.22. The Morgan fingerprint density at radius 1 is 1.21 bits per heavy atom. The van der Waals surface area contributed by atoms with Crippen LogP contribution in [-0.2, 0) is 0 Å². The lowest BCUT2D eigenvalue weighted by atomic mass is 9.98. The number of aromatic nitrogens is 2. The number of nitrogens with zero attached hydrogens (tertiary/aromatic N) is 2. The van der Waals surface area contributed by atoms with E-state index >= 15 is 0 Å². The molecular formula is C20H20F2N4O2. The molecule has 0 saturated carbocycles. The normalized spacial score (nSPS) is 10.9. The average Bonchev–Trinajstić information content (AvgIpc) is 2.68. The van der Waals surface area contributed by atoms with E-state index in [0.29, 0.717) is 17.5 Å². The van der Waals surface area contributed by atoms with Gasteiger partial charge in [-0.2, -0.15) is 0 Å². The molecule has 3 rings (SSSR count). The van der Waals surface area contributed by atoms with E-state index in [1.54, 1.807) is 6.92 Å². The number of carbonyl (C=O) groups excluding carboxylic acids is 1. The first-order valence-electron chi connectivity index (χ1n) is 8.76. The van der Waals surface area contributed by atoms with Crippen LogP contribution >= 0.6 is 0 Å². The van der Waals surface area contributed by atoms with Gasteiger partial charge in [-0.25, -0.2) is 8.78 Å². The Kier molecular flexibility index (Phi) is 5.39. The number of methoxy groups -OCH3 is 1. The van der Waals surface area contributed by atoms with Gasteiger partial charge < -0.3 is 15.8 Å². The Balaban J connectivity index is 2.26. The van der Waals surface area contributed by atoms with Crippen LogP contribution in [0.4, 0.5) is 14.5 Å². The Hall–Kier alpha value is -3.29. The Bertz CT molecular complexity index is 1070. The van der Waals surface area contributed by atoms with Crippen molar-refractivity contribution in [1.82, 2.24) is 15.5 Å². The molecule has 0 radical (unpaired) electrons. The van der Waals surface area contributed by atoms with Crippen LogP contribution in [0.25, 0.3) is 22.0 Å². The maximum absolute atomic E-state index is 14.7. The van der Waals surface area contributed by atoms with Crippen molar-refractivity contribution >= 4 is 22.5 Å². The van der Waals surface area contributed by atoms with Crippen molar-refractivity contribution in [2.45, 2.75) is 20.3 Å². The standard InChI is InChI=1S/C20H20F2N4O2/c1-4-7-24-20(27)19-17(23)11-5-6-13(21)16(18(11)25-26-19)12-9-14(22)10(2)8-15(12)28-3/h5-6,8-9H,4,7H2,1-3H3,(H2,23,25)(H,24,27). The highest BCUT2D eigenvalue weighted by molar-refractivity contribution is 6.08. The summed E-state index contributed by atoms with van der Waals surface area (Å²) in [7, 11) is 1.41. The first-order chi connectivity index (χ1) is 13.4. The van der Waals surface area contributed by atoms with Crippen LogP contribution < -0.4 is 15.8 Å². The molecule has 0 fully saturated rings. The van der Waals surface area contributed by atoms with Crippen molar-refractivity contribution in [1.29, 1.82) is 0 Å². The number of amides is 1. The number of nitrogen functional groups attached to an aromatic ring is 1. The molecule has 3 N–H and O–H groups in total. The molecule has 0 unspecified atom stereocenters.